The summed E-state index contributed by atoms with van der Waals surface area (Å²) in [6.07, 6.45) is 0.0281. The average Bonchev–Trinajstić information content (AvgIpc) is 2.29. The molecule has 1 aromatic heterocycles. The number of rotatable bonds is 4. The second kappa shape index (κ2) is 5.48. The maximum atomic E-state index is 10.6. The van der Waals surface area contributed by atoms with E-state index in [2.05, 4.69) is 15.3 Å². The average molecular weight is 257 g/mol. The molecule has 19 heavy (non-hydrogen) atoms. The van der Waals surface area contributed by atoms with Crippen LogP contribution in [0, 0.1) is 13.8 Å². The molecule has 0 aliphatic heterocycles. The summed E-state index contributed by atoms with van der Waals surface area (Å²) < 4.78 is 0. The van der Waals surface area contributed by atoms with Gasteiger partial charge in [-0.2, -0.15) is 0 Å². The first-order chi connectivity index (χ1) is 9.02. The monoisotopic (exact) mass is 257 g/mol. The first-order valence-electron chi connectivity index (χ1n) is 5.93. The largest absolute Gasteiger partial charge is 0.481 e. The molecule has 0 amide bonds. The van der Waals surface area contributed by atoms with Crippen LogP contribution in [-0.4, -0.2) is 21.0 Å². The standard InChI is InChI=1S/C14H15N3O2/c1-9-7-10(2)16-14(15-9)17-12-5-3-11(4-6-12)8-13(18)19/h3-7H,8H2,1-2H3,(H,18,19)(H,15,16,17). The third-order valence-electron chi connectivity index (χ3n) is 2.55. The van der Waals surface area contributed by atoms with Gasteiger partial charge in [-0.15, -0.1) is 0 Å². The highest BCUT2D eigenvalue weighted by Gasteiger charge is 2.02. The molecule has 0 unspecified atom stereocenters. The summed E-state index contributed by atoms with van der Waals surface area (Å²) in [7, 11) is 0. The van der Waals surface area contributed by atoms with Crippen molar-refractivity contribution in [3.63, 3.8) is 0 Å². The molecular weight excluding hydrogens is 242 g/mol. The summed E-state index contributed by atoms with van der Waals surface area (Å²) in [5, 5.41) is 11.8. The molecule has 0 bridgehead atoms. The van der Waals surface area contributed by atoms with Crippen LogP contribution < -0.4 is 5.32 Å². The van der Waals surface area contributed by atoms with E-state index in [1.807, 2.05) is 32.0 Å². The van der Waals surface area contributed by atoms with E-state index in [0.29, 0.717) is 5.95 Å². The Labute approximate surface area is 111 Å². The van der Waals surface area contributed by atoms with Gasteiger partial charge in [0.15, 0.2) is 0 Å². The molecule has 0 atom stereocenters. The predicted octanol–water partition coefficient (Wildman–Crippen LogP) is 2.46. The van der Waals surface area contributed by atoms with Crippen LogP contribution in [0.25, 0.3) is 0 Å². The second-order valence-corrected chi connectivity index (χ2v) is 4.37. The number of carboxylic acid groups (broad SMARTS) is 1. The summed E-state index contributed by atoms with van der Waals surface area (Å²) >= 11 is 0. The van der Waals surface area contributed by atoms with Gasteiger partial charge in [-0.1, -0.05) is 12.1 Å². The lowest BCUT2D eigenvalue weighted by molar-refractivity contribution is -0.136. The number of carbonyl (C=O) groups is 1. The lowest BCUT2D eigenvalue weighted by Crippen LogP contribution is -2.01. The minimum absolute atomic E-state index is 0.0281. The summed E-state index contributed by atoms with van der Waals surface area (Å²) in [6.45, 7) is 3.83. The van der Waals surface area contributed by atoms with E-state index < -0.39 is 5.97 Å². The van der Waals surface area contributed by atoms with Gasteiger partial charge in [0.1, 0.15) is 0 Å². The molecule has 0 aliphatic carbocycles. The highest BCUT2D eigenvalue weighted by molar-refractivity contribution is 5.70. The van der Waals surface area contributed by atoms with Gasteiger partial charge in [0, 0.05) is 17.1 Å². The predicted molar refractivity (Wildman–Crippen MR) is 72.6 cm³/mol. The van der Waals surface area contributed by atoms with Crippen molar-refractivity contribution in [1.29, 1.82) is 0 Å². The van der Waals surface area contributed by atoms with E-state index in [0.717, 1.165) is 22.6 Å². The summed E-state index contributed by atoms with van der Waals surface area (Å²) in [5.74, 6) is -0.290. The number of benzene rings is 1. The molecule has 0 saturated heterocycles. The van der Waals surface area contributed by atoms with E-state index in [9.17, 15) is 4.79 Å². The lowest BCUT2D eigenvalue weighted by atomic mass is 10.1. The number of hydrogen-bond donors (Lipinski definition) is 2. The van der Waals surface area contributed by atoms with E-state index in [-0.39, 0.29) is 6.42 Å². The summed E-state index contributed by atoms with van der Waals surface area (Å²) in [4.78, 5) is 19.2. The first-order valence-corrected chi connectivity index (χ1v) is 5.93. The Balaban J connectivity index is 2.12. The highest BCUT2D eigenvalue weighted by Crippen LogP contribution is 2.15. The van der Waals surface area contributed by atoms with Gasteiger partial charge in [-0.3, -0.25) is 4.79 Å². The smallest absolute Gasteiger partial charge is 0.307 e. The van der Waals surface area contributed by atoms with Crippen LogP contribution in [0.5, 0.6) is 0 Å². The van der Waals surface area contributed by atoms with Gasteiger partial charge < -0.3 is 10.4 Å². The van der Waals surface area contributed by atoms with Crippen molar-refractivity contribution in [3.05, 3.63) is 47.3 Å². The maximum Gasteiger partial charge on any atom is 0.307 e. The SMILES string of the molecule is Cc1cc(C)nc(Nc2ccc(CC(=O)O)cc2)n1. The molecule has 0 aliphatic rings. The Morgan fingerprint density at radius 3 is 2.26 bits per heavy atom. The molecule has 5 heteroatoms. The quantitative estimate of drug-likeness (QED) is 0.880. The van der Waals surface area contributed by atoms with Crippen molar-refractivity contribution in [2.75, 3.05) is 5.32 Å². The number of aryl methyl sites for hydroxylation is 2. The zero-order valence-electron chi connectivity index (χ0n) is 10.8. The first kappa shape index (κ1) is 13.0. The zero-order chi connectivity index (χ0) is 13.8. The number of anilines is 2. The van der Waals surface area contributed by atoms with Gasteiger partial charge >= 0.3 is 5.97 Å². The van der Waals surface area contributed by atoms with Gasteiger partial charge in [0.25, 0.3) is 0 Å². The molecule has 1 aromatic carbocycles. The number of hydrogen-bond acceptors (Lipinski definition) is 4. The van der Waals surface area contributed by atoms with E-state index in [4.69, 9.17) is 5.11 Å². The molecular formula is C14H15N3O2. The topological polar surface area (TPSA) is 75.1 Å². The van der Waals surface area contributed by atoms with Crippen molar-refractivity contribution in [1.82, 2.24) is 9.97 Å². The fourth-order valence-corrected chi connectivity index (χ4v) is 1.79. The molecule has 1 heterocycles. The highest BCUT2D eigenvalue weighted by atomic mass is 16.4. The molecule has 2 N–H and O–H groups in total. The second-order valence-electron chi connectivity index (χ2n) is 4.37. The number of aliphatic carboxylic acids is 1. The third kappa shape index (κ3) is 3.77. The van der Waals surface area contributed by atoms with Crippen molar-refractivity contribution in [3.8, 4) is 0 Å². The van der Waals surface area contributed by atoms with Crippen LogP contribution >= 0.6 is 0 Å². The van der Waals surface area contributed by atoms with Crippen molar-refractivity contribution >= 4 is 17.6 Å². The van der Waals surface area contributed by atoms with Gasteiger partial charge in [-0.05, 0) is 37.6 Å². The van der Waals surface area contributed by atoms with E-state index >= 15 is 0 Å². The van der Waals surface area contributed by atoms with Crippen LogP contribution in [0.3, 0.4) is 0 Å². The molecule has 98 valence electrons. The minimum atomic E-state index is -0.835. The Morgan fingerprint density at radius 1 is 1.16 bits per heavy atom. The van der Waals surface area contributed by atoms with Gasteiger partial charge in [-0.25, -0.2) is 9.97 Å². The number of nitrogens with zero attached hydrogens (tertiary/aromatic N) is 2. The van der Waals surface area contributed by atoms with E-state index in [1.54, 1.807) is 12.1 Å². The normalized spacial score (nSPS) is 10.2. The van der Waals surface area contributed by atoms with Crippen molar-refractivity contribution in [2.45, 2.75) is 20.3 Å². The van der Waals surface area contributed by atoms with Gasteiger partial charge in [0.2, 0.25) is 5.95 Å². The Morgan fingerprint density at radius 2 is 1.74 bits per heavy atom. The summed E-state index contributed by atoms with van der Waals surface area (Å²) in [6, 6.07) is 9.10. The van der Waals surface area contributed by atoms with Crippen molar-refractivity contribution in [2.24, 2.45) is 0 Å². The maximum absolute atomic E-state index is 10.6. The van der Waals surface area contributed by atoms with Crippen LogP contribution in [-0.2, 0) is 11.2 Å². The Bertz CT molecular complexity index is 574. The number of carboxylic acids is 1. The van der Waals surface area contributed by atoms with Gasteiger partial charge in [0.05, 0.1) is 6.42 Å². The molecule has 0 radical (unpaired) electrons. The number of nitrogens with one attached hydrogen (secondary N) is 1. The lowest BCUT2D eigenvalue weighted by Gasteiger charge is -2.07. The van der Waals surface area contributed by atoms with Crippen LogP contribution in [0.1, 0.15) is 17.0 Å². The third-order valence-corrected chi connectivity index (χ3v) is 2.55. The van der Waals surface area contributed by atoms with Crippen LogP contribution in [0.15, 0.2) is 30.3 Å². The minimum Gasteiger partial charge on any atom is -0.481 e. The molecule has 5 nitrogen and oxygen atoms in total. The van der Waals surface area contributed by atoms with Crippen LogP contribution in [0.2, 0.25) is 0 Å². The molecule has 2 aromatic rings. The summed E-state index contributed by atoms with van der Waals surface area (Å²) in [5.41, 5.74) is 3.40. The Hall–Kier alpha value is -2.43. The zero-order valence-corrected chi connectivity index (χ0v) is 10.8. The Kier molecular flexibility index (Phi) is 3.75. The molecule has 0 fully saturated rings. The molecule has 2 rings (SSSR count). The van der Waals surface area contributed by atoms with Crippen molar-refractivity contribution < 1.29 is 9.90 Å². The molecule has 0 saturated carbocycles. The molecule has 0 spiro atoms. The fraction of sp³-hybridized carbons (Fsp3) is 0.214. The number of aromatic nitrogens is 2. The fourth-order valence-electron chi connectivity index (χ4n) is 1.79. The van der Waals surface area contributed by atoms with E-state index in [1.165, 1.54) is 0 Å². The van der Waals surface area contributed by atoms with Crippen LogP contribution in [0.4, 0.5) is 11.6 Å².